The van der Waals surface area contributed by atoms with Crippen LogP contribution in [0, 0.1) is 13.8 Å². The fourth-order valence-corrected chi connectivity index (χ4v) is 3.07. The number of aliphatic hydroxyl groups is 2. The molecule has 1 aromatic heterocycles. The third-order valence-electron chi connectivity index (χ3n) is 3.89. The van der Waals surface area contributed by atoms with E-state index in [9.17, 15) is 15.0 Å². The summed E-state index contributed by atoms with van der Waals surface area (Å²) in [5.74, 6) is -0.266. The maximum absolute atomic E-state index is 11.0. The molecule has 1 heterocycles. The van der Waals surface area contributed by atoms with Gasteiger partial charge in [-0.25, -0.2) is 0 Å². The van der Waals surface area contributed by atoms with Crippen LogP contribution < -0.4 is 5.32 Å². The van der Waals surface area contributed by atoms with Gasteiger partial charge in [0.1, 0.15) is 12.2 Å². The molecule has 0 saturated carbocycles. The lowest BCUT2D eigenvalue weighted by Crippen LogP contribution is -2.34. The molecule has 2 atom stereocenters. The minimum atomic E-state index is -1.13. The number of carbonyl (C=O) groups is 1. The lowest BCUT2D eigenvalue weighted by atomic mass is 10.0. The second kappa shape index (κ2) is 7.57. The van der Waals surface area contributed by atoms with E-state index >= 15 is 0 Å². The summed E-state index contributed by atoms with van der Waals surface area (Å²) in [7, 11) is 0. The number of aromatic nitrogens is 1. The normalized spacial score (nSPS) is 13.6. The fraction of sp³-hybridized carbons (Fsp3) is 0.353. The lowest BCUT2D eigenvalue weighted by Gasteiger charge is -2.19. The quantitative estimate of drug-likeness (QED) is 0.757. The molecule has 0 radical (unpaired) electrons. The van der Waals surface area contributed by atoms with E-state index in [2.05, 4.69) is 5.32 Å². The highest BCUT2D eigenvalue weighted by Crippen LogP contribution is 2.33. The molecule has 7 heteroatoms. The minimum absolute atomic E-state index is 0.0297. The van der Waals surface area contributed by atoms with Gasteiger partial charge in [0, 0.05) is 30.4 Å². The highest BCUT2D eigenvalue weighted by Gasteiger charge is 2.24. The van der Waals surface area contributed by atoms with Crippen molar-refractivity contribution in [3.63, 3.8) is 0 Å². The molecule has 1 aromatic carbocycles. The molecule has 2 unspecified atom stereocenters. The Kier molecular flexibility index (Phi) is 5.93. The smallest absolute Gasteiger partial charge is 0.216 e. The van der Waals surface area contributed by atoms with E-state index in [1.54, 1.807) is 18.2 Å². The van der Waals surface area contributed by atoms with Gasteiger partial charge in [0.2, 0.25) is 5.91 Å². The molecular formula is C17H20Cl2N2O3. The maximum Gasteiger partial charge on any atom is 0.216 e. The summed E-state index contributed by atoms with van der Waals surface area (Å²) in [6.07, 6.45) is -2.24. The lowest BCUT2D eigenvalue weighted by molar-refractivity contribution is -0.119. The van der Waals surface area contributed by atoms with Crippen LogP contribution in [0.5, 0.6) is 0 Å². The zero-order valence-corrected chi connectivity index (χ0v) is 15.2. The first-order chi connectivity index (χ1) is 11.2. The minimum Gasteiger partial charge on any atom is -0.388 e. The molecule has 0 aliphatic carbocycles. The second-order valence-electron chi connectivity index (χ2n) is 5.68. The number of aliphatic hydroxyl groups excluding tert-OH is 2. The van der Waals surface area contributed by atoms with Crippen LogP contribution in [0.15, 0.2) is 24.3 Å². The Balaban J connectivity index is 2.38. The van der Waals surface area contributed by atoms with Gasteiger partial charge in [-0.15, -0.1) is 0 Å². The van der Waals surface area contributed by atoms with Gasteiger partial charge in [-0.05, 0) is 32.0 Å². The van der Waals surface area contributed by atoms with Crippen molar-refractivity contribution >= 4 is 29.1 Å². The molecule has 0 aliphatic heterocycles. The predicted molar refractivity (Wildman–Crippen MR) is 94.9 cm³/mol. The molecule has 24 heavy (non-hydrogen) atoms. The number of rotatable bonds is 5. The fourth-order valence-electron chi connectivity index (χ4n) is 2.69. The van der Waals surface area contributed by atoms with Gasteiger partial charge in [0.05, 0.1) is 15.7 Å². The number of nitrogens with zero attached hydrogens (tertiary/aromatic N) is 1. The Morgan fingerprint density at radius 3 is 2.58 bits per heavy atom. The molecule has 2 rings (SSSR count). The standard InChI is InChI=1S/C17H20Cl2N2O3/c1-9-7-12(17(24)15(23)8-20-11(3)22)10(2)21(9)14-6-4-5-13(18)16(14)19/h4-7,15,17,23-24H,8H2,1-3H3,(H,20,22). The number of amides is 1. The Morgan fingerprint density at radius 2 is 1.96 bits per heavy atom. The van der Waals surface area contributed by atoms with E-state index in [-0.39, 0.29) is 12.5 Å². The van der Waals surface area contributed by atoms with Gasteiger partial charge < -0.3 is 20.1 Å². The van der Waals surface area contributed by atoms with E-state index in [0.29, 0.717) is 21.3 Å². The highest BCUT2D eigenvalue weighted by atomic mass is 35.5. The van der Waals surface area contributed by atoms with Gasteiger partial charge in [-0.2, -0.15) is 0 Å². The molecule has 2 aromatic rings. The Morgan fingerprint density at radius 1 is 1.29 bits per heavy atom. The molecular weight excluding hydrogens is 351 g/mol. The van der Waals surface area contributed by atoms with Crippen molar-refractivity contribution in [2.24, 2.45) is 0 Å². The summed E-state index contributed by atoms with van der Waals surface area (Å²) < 4.78 is 1.87. The molecule has 0 fully saturated rings. The van der Waals surface area contributed by atoms with Crippen LogP contribution in [0.2, 0.25) is 10.0 Å². The van der Waals surface area contributed by atoms with Crippen LogP contribution >= 0.6 is 23.2 Å². The van der Waals surface area contributed by atoms with Crippen LogP contribution in [-0.2, 0) is 4.79 Å². The molecule has 3 N–H and O–H groups in total. The number of halogens is 2. The number of nitrogens with one attached hydrogen (secondary N) is 1. The number of aryl methyl sites for hydroxylation is 1. The van der Waals surface area contributed by atoms with Gasteiger partial charge in [0.25, 0.3) is 0 Å². The summed E-state index contributed by atoms with van der Waals surface area (Å²) in [4.78, 5) is 11.0. The number of benzene rings is 1. The van der Waals surface area contributed by atoms with E-state index in [1.165, 1.54) is 6.92 Å². The van der Waals surface area contributed by atoms with Crippen LogP contribution in [0.1, 0.15) is 30.0 Å². The summed E-state index contributed by atoms with van der Waals surface area (Å²) in [5, 5.41) is 23.9. The topological polar surface area (TPSA) is 74.5 Å². The first-order valence-corrected chi connectivity index (χ1v) is 8.23. The summed E-state index contributed by atoms with van der Waals surface area (Å²) in [6, 6.07) is 7.12. The first kappa shape index (κ1) is 18.8. The first-order valence-electron chi connectivity index (χ1n) is 7.47. The van der Waals surface area contributed by atoms with Crippen LogP contribution in [0.3, 0.4) is 0 Å². The van der Waals surface area contributed by atoms with Crippen molar-refractivity contribution < 1.29 is 15.0 Å². The molecule has 1 amide bonds. The highest BCUT2D eigenvalue weighted by molar-refractivity contribution is 6.43. The molecule has 0 bridgehead atoms. The largest absolute Gasteiger partial charge is 0.388 e. The summed E-state index contributed by atoms with van der Waals surface area (Å²) >= 11 is 12.4. The van der Waals surface area contributed by atoms with Crippen LogP contribution in [0.25, 0.3) is 5.69 Å². The van der Waals surface area contributed by atoms with Crippen molar-refractivity contribution in [2.45, 2.75) is 33.0 Å². The summed E-state index contributed by atoms with van der Waals surface area (Å²) in [6.45, 7) is 5.03. The summed E-state index contributed by atoms with van der Waals surface area (Å²) in [5.41, 5.74) is 2.86. The van der Waals surface area contributed by atoms with Gasteiger partial charge in [-0.3, -0.25) is 4.79 Å². The van der Waals surface area contributed by atoms with E-state index in [4.69, 9.17) is 23.2 Å². The maximum atomic E-state index is 11.0. The molecule has 5 nitrogen and oxygen atoms in total. The third kappa shape index (κ3) is 3.75. The average Bonchev–Trinajstić information content (AvgIpc) is 2.82. The van der Waals surface area contributed by atoms with E-state index in [1.807, 2.05) is 24.5 Å². The molecule has 0 saturated heterocycles. The Labute approximate surface area is 150 Å². The van der Waals surface area contributed by atoms with Crippen LogP contribution in [0.4, 0.5) is 0 Å². The molecule has 130 valence electrons. The van der Waals surface area contributed by atoms with E-state index in [0.717, 1.165) is 11.4 Å². The van der Waals surface area contributed by atoms with Gasteiger partial charge in [-0.1, -0.05) is 29.3 Å². The SMILES string of the molecule is CC(=O)NCC(O)C(O)c1cc(C)n(-c2cccc(Cl)c2Cl)c1C. The zero-order chi connectivity index (χ0) is 18.0. The molecule has 0 aliphatic rings. The van der Waals surface area contributed by atoms with Crippen molar-refractivity contribution in [3.8, 4) is 5.69 Å². The number of hydrogen-bond acceptors (Lipinski definition) is 3. The number of hydrogen-bond donors (Lipinski definition) is 3. The van der Waals surface area contributed by atoms with Crippen molar-refractivity contribution in [1.29, 1.82) is 0 Å². The number of carbonyl (C=O) groups excluding carboxylic acids is 1. The third-order valence-corrected chi connectivity index (χ3v) is 4.69. The van der Waals surface area contributed by atoms with E-state index < -0.39 is 12.2 Å². The van der Waals surface area contributed by atoms with Crippen molar-refractivity contribution in [2.75, 3.05) is 6.54 Å². The monoisotopic (exact) mass is 370 g/mol. The van der Waals surface area contributed by atoms with Crippen molar-refractivity contribution in [3.05, 3.63) is 51.3 Å². The predicted octanol–water partition coefficient (Wildman–Crippen LogP) is 2.93. The van der Waals surface area contributed by atoms with Crippen LogP contribution in [-0.4, -0.2) is 33.3 Å². The molecule has 0 spiro atoms. The van der Waals surface area contributed by atoms with Crippen molar-refractivity contribution in [1.82, 2.24) is 9.88 Å². The van der Waals surface area contributed by atoms with Gasteiger partial charge in [0.15, 0.2) is 0 Å². The second-order valence-corrected chi connectivity index (χ2v) is 6.47. The Hall–Kier alpha value is -1.53. The Bertz CT molecular complexity index is 759. The van der Waals surface area contributed by atoms with Gasteiger partial charge >= 0.3 is 0 Å². The zero-order valence-electron chi connectivity index (χ0n) is 13.7. The average molecular weight is 371 g/mol.